The summed E-state index contributed by atoms with van der Waals surface area (Å²) < 4.78 is 1.32. The molecular formula is C12H27AsSe. The van der Waals surface area contributed by atoms with Gasteiger partial charge in [-0.3, -0.25) is 0 Å². The first-order chi connectivity index (χ1) is 5.75. The Balaban J connectivity index is 5.69. The number of hydrogen-bond donors (Lipinski definition) is 0. The molecule has 0 saturated carbocycles. The van der Waals surface area contributed by atoms with Crippen molar-refractivity contribution in [3.05, 3.63) is 0 Å². The zero-order valence-electron chi connectivity index (χ0n) is 11.4. The molecule has 0 aromatic heterocycles. The van der Waals surface area contributed by atoms with Crippen LogP contribution in [-0.2, 0) is 0 Å². The molecule has 0 heterocycles. The number of hydrogen-bond acceptors (Lipinski definition) is 0. The summed E-state index contributed by atoms with van der Waals surface area (Å²) in [6.45, 7) is 21.7. The van der Waals surface area contributed by atoms with Crippen LogP contribution in [0.3, 0.4) is 0 Å². The molecule has 0 N–H and O–H groups in total. The van der Waals surface area contributed by atoms with Crippen molar-refractivity contribution in [2.45, 2.75) is 74.9 Å². The molecule has 0 aromatic carbocycles. The van der Waals surface area contributed by atoms with E-state index in [9.17, 15) is 0 Å². The monoisotopic (exact) mass is 326 g/mol. The van der Waals surface area contributed by atoms with Crippen molar-refractivity contribution in [3.63, 3.8) is 0 Å². The van der Waals surface area contributed by atoms with E-state index < -0.39 is 11.1 Å². The molecule has 0 spiro atoms. The van der Waals surface area contributed by atoms with Gasteiger partial charge in [0.05, 0.1) is 0 Å². The van der Waals surface area contributed by atoms with Crippen molar-refractivity contribution in [1.29, 1.82) is 0 Å². The van der Waals surface area contributed by atoms with Gasteiger partial charge in [0.2, 0.25) is 0 Å². The normalized spacial score (nSPS) is 15.8. The third-order valence-corrected chi connectivity index (χ3v) is 32.6. The Hall–Kier alpha value is 1.08. The zero-order valence-corrected chi connectivity index (χ0v) is 14.9. The molecule has 0 atom stereocenters. The predicted octanol–water partition coefficient (Wildman–Crippen LogP) is 4.50. The van der Waals surface area contributed by atoms with Crippen molar-refractivity contribution in [2.24, 2.45) is 0 Å². The van der Waals surface area contributed by atoms with Gasteiger partial charge in [-0.05, 0) is 0 Å². The summed E-state index contributed by atoms with van der Waals surface area (Å²) in [4.78, 5) is 0. The molecule has 0 aliphatic carbocycles. The van der Waals surface area contributed by atoms with E-state index in [-0.39, 0.29) is 0 Å². The van der Waals surface area contributed by atoms with E-state index in [0.29, 0.717) is 12.6 Å². The van der Waals surface area contributed by atoms with Crippen LogP contribution < -0.4 is 0 Å². The molecule has 0 saturated heterocycles. The average Bonchev–Trinajstić information content (AvgIpc) is 1.77. The van der Waals surface area contributed by atoms with Crippen LogP contribution in [-0.4, -0.2) is 24.6 Å². The van der Waals surface area contributed by atoms with E-state index in [2.05, 4.69) is 75.8 Å². The molecule has 0 aromatic rings. The van der Waals surface area contributed by atoms with Gasteiger partial charge < -0.3 is 0 Å². The van der Waals surface area contributed by atoms with E-state index in [4.69, 9.17) is 0 Å². The topological polar surface area (TPSA) is 0 Å². The maximum absolute atomic E-state index is 3.68. The van der Waals surface area contributed by atoms with Gasteiger partial charge in [0, 0.05) is 0 Å². The number of rotatable bonds is 0. The second kappa shape index (κ2) is 3.83. The first kappa shape index (κ1) is 15.1. The van der Waals surface area contributed by atoms with Crippen LogP contribution in [0.25, 0.3) is 0 Å². The van der Waals surface area contributed by atoms with Gasteiger partial charge in [0.15, 0.2) is 0 Å². The molecule has 0 aliphatic heterocycles. The Labute approximate surface area is 99.2 Å². The van der Waals surface area contributed by atoms with Crippen molar-refractivity contribution < 1.29 is 0 Å². The van der Waals surface area contributed by atoms with E-state index in [1.54, 1.807) is 0 Å². The van der Waals surface area contributed by atoms with Gasteiger partial charge in [-0.15, -0.1) is 0 Å². The molecule has 0 rings (SSSR count). The third-order valence-electron chi connectivity index (χ3n) is 2.83. The minimum atomic E-state index is -1.88. The molecule has 0 bridgehead atoms. The van der Waals surface area contributed by atoms with Gasteiger partial charge in [-0.25, -0.2) is 0 Å². The Morgan fingerprint density at radius 1 is 0.571 bits per heavy atom. The molecule has 0 amide bonds. The van der Waals surface area contributed by atoms with Crippen molar-refractivity contribution in [2.75, 3.05) is 0 Å². The van der Waals surface area contributed by atoms with Gasteiger partial charge >= 0.3 is 99.5 Å². The van der Waals surface area contributed by atoms with Crippen LogP contribution >= 0.6 is 0 Å². The Morgan fingerprint density at radius 2 is 0.714 bits per heavy atom. The second-order valence-electron chi connectivity index (χ2n) is 7.12. The average molecular weight is 325 g/mol. The van der Waals surface area contributed by atoms with Crippen molar-refractivity contribution in [3.8, 4) is 0 Å². The molecular weight excluding hydrogens is 298 g/mol. The van der Waals surface area contributed by atoms with Crippen molar-refractivity contribution in [1.82, 2.24) is 0 Å². The Morgan fingerprint density at radius 3 is 0.714 bits per heavy atom. The molecule has 0 aliphatic rings. The van der Waals surface area contributed by atoms with Crippen LogP contribution in [0.1, 0.15) is 62.3 Å². The standard InChI is InChI=1S/C12H27AsSe/c1-10(2,3)13(14,11(4,5)6)12(7,8)9/h1-9H3. The van der Waals surface area contributed by atoms with E-state index in [1.807, 2.05) is 0 Å². The summed E-state index contributed by atoms with van der Waals surface area (Å²) in [6.07, 6.45) is 0. The fourth-order valence-electron chi connectivity index (χ4n) is 3.02. The van der Waals surface area contributed by atoms with Crippen LogP contribution in [0.15, 0.2) is 0 Å². The van der Waals surface area contributed by atoms with E-state index in [0.717, 1.165) is 0 Å². The summed E-state index contributed by atoms with van der Waals surface area (Å²) in [5.74, 6) is 0. The third kappa shape index (κ3) is 2.42. The fraction of sp³-hybridized carbons (Fsp3) is 1.00. The summed E-state index contributed by atoms with van der Waals surface area (Å²) in [5.41, 5.74) is 0. The van der Waals surface area contributed by atoms with E-state index in [1.165, 1.54) is 0 Å². The van der Waals surface area contributed by atoms with E-state index >= 15 is 0 Å². The minimum absolute atomic E-state index is 0.439. The van der Waals surface area contributed by atoms with Crippen LogP contribution in [0.5, 0.6) is 0 Å². The first-order valence-corrected chi connectivity index (χ1v) is 12.9. The maximum atomic E-state index is 3.68. The van der Waals surface area contributed by atoms with Crippen LogP contribution in [0.4, 0.5) is 0 Å². The molecule has 0 fully saturated rings. The molecule has 86 valence electrons. The van der Waals surface area contributed by atoms with Gasteiger partial charge in [0.1, 0.15) is 0 Å². The van der Waals surface area contributed by atoms with Gasteiger partial charge in [0.25, 0.3) is 0 Å². The van der Waals surface area contributed by atoms with Crippen LogP contribution in [0.2, 0.25) is 12.6 Å². The quantitative estimate of drug-likeness (QED) is 0.575. The van der Waals surface area contributed by atoms with Crippen LogP contribution in [0, 0.1) is 0 Å². The molecule has 0 nitrogen and oxygen atoms in total. The fourth-order valence-corrected chi connectivity index (χ4v) is 15.7. The molecule has 14 heavy (non-hydrogen) atoms. The van der Waals surface area contributed by atoms with Gasteiger partial charge in [-0.2, -0.15) is 0 Å². The van der Waals surface area contributed by atoms with Gasteiger partial charge in [-0.1, -0.05) is 0 Å². The molecule has 0 radical (unpaired) electrons. The first-order valence-electron chi connectivity index (χ1n) is 5.35. The second-order valence-corrected chi connectivity index (χ2v) is 24.1. The summed E-state index contributed by atoms with van der Waals surface area (Å²) in [5, 5.41) is 0. The predicted molar refractivity (Wildman–Crippen MR) is 70.7 cm³/mol. The Kier molecular flexibility index (Phi) is 4.12. The summed E-state index contributed by atoms with van der Waals surface area (Å²) >= 11 is 1.81. The molecule has 2 heteroatoms. The van der Waals surface area contributed by atoms with Crippen molar-refractivity contribution >= 4 is 24.6 Å². The zero-order chi connectivity index (χ0) is 12.0. The SMILES string of the molecule is CC(C)(C)[As](=[Se])(C(C)(C)C)C(C)(C)C. The summed E-state index contributed by atoms with van der Waals surface area (Å²) in [6, 6.07) is 0. The summed E-state index contributed by atoms with van der Waals surface area (Å²) in [7, 11) is 0. The molecule has 0 unspecified atom stereocenters. The Bertz CT molecular complexity index is 202.